The van der Waals surface area contributed by atoms with Crippen molar-refractivity contribution >= 4 is 11.6 Å². The van der Waals surface area contributed by atoms with E-state index < -0.39 is 0 Å². The Morgan fingerprint density at radius 2 is 1.94 bits per heavy atom. The van der Waals surface area contributed by atoms with Crippen molar-refractivity contribution in [2.45, 2.75) is 57.2 Å². The molecule has 2 bridgehead atoms. The standard InChI is InChI=1S/C15H20ClNO/c1-10-7-13(5-6-15(10)16)18-14-8-11-3-2-4-12(9-14)17-11/h5-7,11-12,14,17H,2-4,8-9H2,1H3/t11-,12+,14-. The summed E-state index contributed by atoms with van der Waals surface area (Å²) in [6, 6.07) is 7.27. The highest BCUT2D eigenvalue weighted by atomic mass is 35.5. The molecular formula is C15H20ClNO. The fourth-order valence-electron chi connectivity index (χ4n) is 3.19. The van der Waals surface area contributed by atoms with Crippen LogP contribution in [0, 0.1) is 6.92 Å². The van der Waals surface area contributed by atoms with Crippen molar-refractivity contribution in [3.05, 3.63) is 28.8 Å². The van der Waals surface area contributed by atoms with Crippen LogP contribution in [0.2, 0.25) is 5.02 Å². The number of aryl methyl sites for hydroxylation is 1. The number of piperidine rings is 2. The predicted molar refractivity (Wildman–Crippen MR) is 74.4 cm³/mol. The second kappa shape index (κ2) is 5.10. The van der Waals surface area contributed by atoms with Crippen LogP contribution in [0.5, 0.6) is 5.75 Å². The van der Waals surface area contributed by atoms with Gasteiger partial charge in [0.2, 0.25) is 0 Å². The van der Waals surface area contributed by atoms with Gasteiger partial charge in [-0.2, -0.15) is 0 Å². The Morgan fingerprint density at radius 3 is 2.61 bits per heavy atom. The number of rotatable bonds is 2. The van der Waals surface area contributed by atoms with Gasteiger partial charge in [-0.05, 0) is 56.4 Å². The number of hydrogen-bond acceptors (Lipinski definition) is 2. The summed E-state index contributed by atoms with van der Waals surface area (Å²) >= 11 is 6.04. The summed E-state index contributed by atoms with van der Waals surface area (Å²) in [4.78, 5) is 0. The minimum Gasteiger partial charge on any atom is -0.490 e. The summed E-state index contributed by atoms with van der Waals surface area (Å²) in [5.74, 6) is 0.960. The van der Waals surface area contributed by atoms with E-state index in [0.29, 0.717) is 18.2 Å². The molecule has 0 spiro atoms. The zero-order valence-corrected chi connectivity index (χ0v) is 11.5. The number of fused-ring (bicyclic) bond motifs is 2. The van der Waals surface area contributed by atoms with E-state index in [2.05, 4.69) is 5.32 Å². The molecule has 1 N–H and O–H groups in total. The second-order valence-electron chi connectivity index (χ2n) is 5.61. The van der Waals surface area contributed by atoms with Gasteiger partial charge in [-0.1, -0.05) is 18.0 Å². The maximum atomic E-state index is 6.13. The van der Waals surface area contributed by atoms with Gasteiger partial charge in [0.25, 0.3) is 0 Å². The minimum absolute atomic E-state index is 0.363. The third-order valence-corrected chi connectivity index (χ3v) is 4.53. The molecule has 0 radical (unpaired) electrons. The van der Waals surface area contributed by atoms with Crippen LogP contribution in [0.4, 0.5) is 0 Å². The molecule has 98 valence electrons. The first-order valence-electron chi connectivity index (χ1n) is 6.89. The minimum atomic E-state index is 0.363. The van der Waals surface area contributed by atoms with Gasteiger partial charge in [0.1, 0.15) is 11.9 Å². The van der Waals surface area contributed by atoms with E-state index in [1.807, 2.05) is 25.1 Å². The van der Waals surface area contributed by atoms with Crippen molar-refractivity contribution in [2.24, 2.45) is 0 Å². The lowest BCUT2D eigenvalue weighted by Crippen LogP contribution is -2.51. The van der Waals surface area contributed by atoms with Crippen LogP contribution < -0.4 is 10.1 Å². The van der Waals surface area contributed by atoms with Crippen LogP contribution in [0.3, 0.4) is 0 Å². The van der Waals surface area contributed by atoms with Gasteiger partial charge in [-0.15, -0.1) is 0 Å². The number of hydrogen-bond donors (Lipinski definition) is 1. The van der Waals surface area contributed by atoms with Crippen LogP contribution in [0.1, 0.15) is 37.7 Å². The smallest absolute Gasteiger partial charge is 0.120 e. The normalized spacial score (nSPS) is 31.1. The molecule has 2 saturated heterocycles. The van der Waals surface area contributed by atoms with Crippen molar-refractivity contribution in [1.29, 1.82) is 0 Å². The van der Waals surface area contributed by atoms with E-state index >= 15 is 0 Å². The largest absolute Gasteiger partial charge is 0.490 e. The molecule has 2 aliphatic heterocycles. The molecule has 0 unspecified atom stereocenters. The van der Waals surface area contributed by atoms with Gasteiger partial charge in [0, 0.05) is 17.1 Å². The third kappa shape index (κ3) is 2.65. The third-order valence-electron chi connectivity index (χ3n) is 4.10. The fourth-order valence-corrected chi connectivity index (χ4v) is 3.31. The number of halogens is 1. The van der Waals surface area contributed by atoms with E-state index in [0.717, 1.165) is 29.2 Å². The molecule has 0 amide bonds. The van der Waals surface area contributed by atoms with E-state index in [-0.39, 0.29) is 0 Å². The lowest BCUT2D eigenvalue weighted by molar-refractivity contribution is 0.0927. The average molecular weight is 266 g/mol. The molecule has 0 saturated carbocycles. The molecule has 18 heavy (non-hydrogen) atoms. The zero-order valence-electron chi connectivity index (χ0n) is 10.8. The average Bonchev–Trinajstić information content (AvgIpc) is 2.33. The highest BCUT2D eigenvalue weighted by Gasteiger charge is 2.32. The van der Waals surface area contributed by atoms with E-state index in [1.165, 1.54) is 19.3 Å². The monoisotopic (exact) mass is 265 g/mol. The molecule has 2 nitrogen and oxygen atoms in total. The fraction of sp³-hybridized carbons (Fsp3) is 0.600. The lowest BCUT2D eigenvalue weighted by Gasteiger charge is -2.40. The summed E-state index contributed by atoms with van der Waals surface area (Å²) in [6.45, 7) is 2.02. The Hall–Kier alpha value is -0.730. The van der Waals surface area contributed by atoms with Crippen molar-refractivity contribution in [3.63, 3.8) is 0 Å². The summed E-state index contributed by atoms with van der Waals surface area (Å²) in [5, 5.41) is 4.50. The van der Waals surface area contributed by atoms with Crippen molar-refractivity contribution in [3.8, 4) is 5.75 Å². The molecule has 2 fully saturated rings. The van der Waals surface area contributed by atoms with Gasteiger partial charge in [0.05, 0.1) is 0 Å². The number of ether oxygens (including phenoxy) is 1. The zero-order chi connectivity index (χ0) is 12.5. The maximum absolute atomic E-state index is 6.13. The highest BCUT2D eigenvalue weighted by molar-refractivity contribution is 6.31. The molecular weight excluding hydrogens is 246 g/mol. The van der Waals surface area contributed by atoms with Crippen LogP contribution in [0.15, 0.2) is 18.2 Å². The first kappa shape index (κ1) is 12.3. The Morgan fingerprint density at radius 1 is 1.22 bits per heavy atom. The van der Waals surface area contributed by atoms with Gasteiger partial charge >= 0.3 is 0 Å². The highest BCUT2D eigenvalue weighted by Crippen LogP contribution is 2.29. The topological polar surface area (TPSA) is 21.3 Å². The maximum Gasteiger partial charge on any atom is 0.120 e. The molecule has 1 aromatic rings. The van der Waals surface area contributed by atoms with Crippen LogP contribution >= 0.6 is 11.6 Å². The van der Waals surface area contributed by atoms with Crippen LogP contribution in [0.25, 0.3) is 0 Å². The van der Waals surface area contributed by atoms with E-state index in [1.54, 1.807) is 0 Å². The Bertz CT molecular complexity index is 423. The van der Waals surface area contributed by atoms with Gasteiger partial charge < -0.3 is 10.1 Å². The summed E-state index contributed by atoms with van der Waals surface area (Å²) in [5.41, 5.74) is 1.09. The van der Waals surface area contributed by atoms with Crippen LogP contribution in [-0.2, 0) is 0 Å². The summed E-state index contributed by atoms with van der Waals surface area (Å²) in [6.07, 6.45) is 6.61. The van der Waals surface area contributed by atoms with E-state index in [4.69, 9.17) is 16.3 Å². The molecule has 3 atom stereocenters. The first-order valence-corrected chi connectivity index (χ1v) is 7.27. The SMILES string of the molecule is Cc1cc(O[C@@H]2C[C@H]3CCC[C@@H](C2)N3)ccc1Cl. The molecule has 0 aliphatic carbocycles. The molecule has 0 aromatic heterocycles. The molecule has 2 aliphatic rings. The quantitative estimate of drug-likeness (QED) is 0.880. The molecule has 3 rings (SSSR count). The van der Waals surface area contributed by atoms with Gasteiger partial charge in [0.15, 0.2) is 0 Å². The Labute approximate surface area is 114 Å². The Balaban J connectivity index is 1.67. The second-order valence-corrected chi connectivity index (χ2v) is 6.02. The Kier molecular flexibility index (Phi) is 3.49. The van der Waals surface area contributed by atoms with Crippen molar-refractivity contribution < 1.29 is 4.74 Å². The summed E-state index contributed by atoms with van der Waals surface area (Å²) < 4.78 is 6.13. The first-order chi connectivity index (χ1) is 8.70. The van der Waals surface area contributed by atoms with Crippen LogP contribution in [-0.4, -0.2) is 18.2 Å². The number of nitrogens with one attached hydrogen (secondary N) is 1. The predicted octanol–water partition coefficient (Wildman–Crippen LogP) is 3.70. The molecule has 3 heteroatoms. The molecule has 2 heterocycles. The van der Waals surface area contributed by atoms with Gasteiger partial charge in [-0.25, -0.2) is 0 Å². The molecule has 1 aromatic carbocycles. The number of benzene rings is 1. The van der Waals surface area contributed by atoms with Gasteiger partial charge in [-0.3, -0.25) is 0 Å². The van der Waals surface area contributed by atoms with Crippen molar-refractivity contribution in [1.82, 2.24) is 5.32 Å². The summed E-state index contributed by atoms with van der Waals surface area (Å²) in [7, 11) is 0. The lowest BCUT2D eigenvalue weighted by atomic mass is 9.85. The van der Waals surface area contributed by atoms with Crippen molar-refractivity contribution in [2.75, 3.05) is 0 Å². The van der Waals surface area contributed by atoms with E-state index in [9.17, 15) is 0 Å².